The molecule has 2 nitrogen and oxygen atoms in total. The van der Waals surface area contributed by atoms with Crippen LogP contribution in [0.4, 0.5) is 18.9 Å². The van der Waals surface area contributed by atoms with E-state index in [1.54, 1.807) is 30.2 Å². The fourth-order valence-electron chi connectivity index (χ4n) is 0.969. The molecule has 0 radical (unpaired) electrons. The minimum Gasteiger partial charge on any atom is -0.399 e. The number of hydrogen-bond acceptors (Lipinski definition) is 2. The number of hydrogen-bond donors (Lipinski definition) is 2. The molecular weight excluding hydrogens is 279 g/mol. The molecule has 0 heterocycles. The van der Waals surface area contributed by atoms with Crippen LogP contribution in [0.3, 0.4) is 0 Å². The number of nitrogen functional groups attached to an aromatic ring is 1. The van der Waals surface area contributed by atoms with E-state index >= 15 is 0 Å². The molecule has 0 saturated heterocycles. The van der Waals surface area contributed by atoms with Crippen molar-refractivity contribution >= 4 is 17.3 Å². The van der Waals surface area contributed by atoms with E-state index in [1.165, 1.54) is 0 Å². The first-order valence-corrected chi connectivity index (χ1v) is 5.93. The van der Waals surface area contributed by atoms with Crippen LogP contribution in [0.2, 0.25) is 5.02 Å². The standard InChI is InChI=1S/C7H7F3O.C6H6ClN/c8-7(9,10)6(11)4-3-5-1-2-5;7-5-1-3-6(8)4-2-5/h5-6,11H,1-2H2;1-4H,8H2/t6-;/m0./s1. The van der Waals surface area contributed by atoms with Gasteiger partial charge in [0.15, 0.2) is 0 Å². The van der Waals surface area contributed by atoms with Crippen molar-refractivity contribution in [2.24, 2.45) is 5.92 Å². The number of rotatable bonds is 0. The third kappa shape index (κ3) is 6.94. The zero-order valence-electron chi connectivity index (χ0n) is 9.91. The smallest absolute Gasteiger partial charge is 0.399 e. The molecule has 0 spiro atoms. The van der Waals surface area contributed by atoms with E-state index in [1.807, 2.05) is 0 Å². The van der Waals surface area contributed by atoms with Crippen LogP contribution < -0.4 is 5.73 Å². The van der Waals surface area contributed by atoms with Gasteiger partial charge in [-0.3, -0.25) is 0 Å². The molecule has 0 aromatic heterocycles. The maximum atomic E-state index is 11.6. The topological polar surface area (TPSA) is 46.2 Å². The van der Waals surface area contributed by atoms with Crippen molar-refractivity contribution in [3.05, 3.63) is 29.3 Å². The SMILES string of the molecule is Nc1ccc(Cl)cc1.O[C@@H](C#CC1CC1)C(F)(F)F. The molecule has 1 aliphatic carbocycles. The lowest BCUT2D eigenvalue weighted by atomic mass is 10.3. The zero-order valence-corrected chi connectivity index (χ0v) is 10.7. The van der Waals surface area contributed by atoms with E-state index in [2.05, 4.69) is 5.92 Å². The Hall–Kier alpha value is -1.38. The van der Waals surface area contributed by atoms with Crippen LogP contribution in [-0.2, 0) is 0 Å². The van der Waals surface area contributed by atoms with Crippen molar-refractivity contribution in [2.75, 3.05) is 5.73 Å². The third-order valence-electron chi connectivity index (χ3n) is 2.18. The van der Waals surface area contributed by atoms with E-state index < -0.39 is 12.3 Å². The Morgan fingerprint density at radius 1 is 1.26 bits per heavy atom. The third-order valence-corrected chi connectivity index (χ3v) is 2.43. The summed E-state index contributed by atoms with van der Waals surface area (Å²) >= 11 is 5.56. The molecule has 0 aliphatic heterocycles. The summed E-state index contributed by atoms with van der Waals surface area (Å²) in [6.45, 7) is 0. The van der Waals surface area contributed by atoms with Gasteiger partial charge in [0.1, 0.15) is 0 Å². The molecule has 2 rings (SSSR count). The van der Waals surface area contributed by atoms with Crippen molar-refractivity contribution in [3.63, 3.8) is 0 Å². The molecule has 1 saturated carbocycles. The van der Waals surface area contributed by atoms with Gasteiger partial charge in [-0.1, -0.05) is 23.4 Å². The minimum atomic E-state index is -4.60. The van der Waals surface area contributed by atoms with Gasteiger partial charge in [0.2, 0.25) is 6.10 Å². The number of benzene rings is 1. The molecule has 3 N–H and O–H groups in total. The Balaban J connectivity index is 0.000000200. The second-order valence-corrected chi connectivity index (χ2v) is 4.50. The summed E-state index contributed by atoms with van der Waals surface area (Å²) in [5.41, 5.74) is 6.11. The number of anilines is 1. The summed E-state index contributed by atoms with van der Waals surface area (Å²) in [7, 11) is 0. The van der Waals surface area contributed by atoms with Gasteiger partial charge >= 0.3 is 6.18 Å². The summed E-state index contributed by atoms with van der Waals surface area (Å²) in [6, 6.07) is 7.05. The largest absolute Gasteiger partial charge is 0.425 e. The van der Waals surface area contributed by atoms with Crippen molar-refractivity contribution in [3.8, 4) is 11.8 Å². The number of halogens is 4. The normalized spacial score (nSPS) is 15.6. The zero-order chi connectivity index (χ0) is 14.5. The predicted octanol–water partition coefficient (Wildman–Crippen LogP) is 3.25. The first kappa shape index (κ1) is 15.7. The lowest BCUT2D eigenvalue weighted by Crippen LogP contribution is -2.26. The van der Waals surface area contributed by atoms with Crippen LogP contribution in [0.5, 0.6) is 0 Å². The Morgan fingerprint density at radius 3 is 2.16 bits per heavy atom. The fraction of sp³-hybridized carbons (Fsp3) is 0.385. The van der Waals surface area contributed by atoms with Gasteiger partial charge in [0.05, 0.1) is 0 Å². The van der Waals surface area contributed by atoms with E-state index in [0.717, 1.165) is 23.6 Å². The van der Waals surface area contributed by atoms with Gasteiger partial charge in [0.25, 0.3) is 0 Å². The van der Waals surface area contributed by atoms with Crippen molar-refractivity contribution in [2.45, 2.75) is 25.1 Å². The molecule has 1 aromatic carbocycles. The highest BCUT2D eigenvalue weighted by Gasteiger charge is 2.37. The molecule has 19 heavy (non-hydrogen) atoms. The lowest BCUT2D eigenvalue weighted by molar-refractivity contribution is -0.184. The van der Waals surface area contributed by atoms with Crippen LogP contribution in [-0.4, -0.2) is 17.4 Å². The van der Waals surface area contributed by atoms with Gasteiger partial charge in [-0.25, -0.2) is 0 Å². The quantitative estimate of drug-likeness (QED) is 0.569. The Labute approximate surface area is 114 Å². The Morgan fingerprint density at radius 2 is 1.79 bits per heavy atom. The van der Waals surface area contributed by atoms with Gasteiger partial charge in [-0.05, 0) is 37.1 Å². The maximum Gasteiger partial charge on any atom is 0.425 e. The summed E-state index contributed by atoms with van der Waals surface area (Å²) in [5, 5.41) is 9.09. The van der Waals surface area contributed by atoms with E-state index in [4.69, 9.17) is 22.4 Å². The van der Waals surface area contributed by atoms with Crippen molar-refractivity contribution in [1.82, 2.24) is 0 Å². The molecule has 0 bridgehead atoms. The molecular formula is C13H13ClF3NO. The van der Waals surface area contributed by atoms with Gasteiger partial charge in [0, 0.05) is 16.6 Å². The molecule has 1 aromatic rings. The monoisotopic (exact) mass is 291 g/mol. The fourth-order valence-corrected chi connectivity index (χ4v) is 1.10. The molecule has 1 fully saturated rings. The van der Waals surface area contributed by atoms with Crippen LogP contribution in [0.1, 0.15) is 12.8 Å². The average Bonchev–Trinajstić information content (AvgIpc) is 3.13. The van der Waals surface area contributed by atoms with Crippen LogP contribution in [0.25, 0.3) is 0 Å². The predicted molar refractivity (Wildman–Crippen MR) is 68.4 cm³/mol. The molecule has 1 atom stereocenters. The van der Waals surface area contributed by atoms with Gasteiger partial charge in [-0.15, -0.1) is 0 Å². The first-order chi connectivity index (χ1) is 8.79. The van der Waals surface area contributed by atoms with Gasteiger partial charge < -0.3 is 10.8 Å². The Bertz CT molecular complexity index is 437. The molecule has 0 amide bonds. The summed E-state index contributed by atoms with van der Waals surface area (Å²) < 4.78 is 34.7. The van der Waals surface area contributed by atoms with Gasteiger partial charge in [-0.2, -0.15) is 13.2 Å². The number of aliphatic hydroxyl groups excluding tert-OH is 1. The van der Waals surface area contributed by atoms with Crippen LogP contribution in [0, 0.1) is 17.8 Å². The van der Waals surface area contributed by atoms with E-state index in [0.29, 0.717) is 0 Å². The highest BCUT2D eigenvalue weighted by atomic mass is 35.5. The van der Waals surface area contributed by atoms with Crippen molar-refractivity contribution in [1.29, 1.82) is 0 Å². The second-order valence-electron chi connectivity index (χ2n) is 4.06. The van der Waals surface area contributed by atoms with Crippen LogP contribution in [0.15, 0.2) is 24.3 Å². The van der Waals surface area contributed by atoms with E-state index in [9.17, 15) is 13.2 Å². The lowest BCUT2D eigenvalue weighted by Gasteiger charge is -2.06. The molecule has 6 heteroatoms. The number of alkyl halides is 3. The van der Waals surface area contributed by atoms with E-state index in [-0.39, 0.29) is 5.92 Å². The first-order valence-electron chi connectivity index (χ1n) is 5.56. The Kier molecular flexibility index (Phi) is 5.52. The van der Waals surface area contributed by atoms with Crippen LogP contribution >= 0.6 is 11.6 Å². The second kappa shape index (κ2) is 6.69. The summed E-state index contributed by atoms with van der Waals surface area (Å²) in [6.07, 6.45) is -5.35. The molecule has 0 unspecified atom stereocenters. The molecule has 1 aliphatic rings. The number of nitrogens with two attached hydrogens (primary N) is 1. The average molecular weight is 292 g/mol. The van der Waals surface area contributed by atoms with Crippen molar-refractivity contribution < 1.29 is 18.3 Å². The highest BCUT2D eigenvalue weighted by Crippen LogP contribution is 2.28. The summed E-state index contributed by atoms with van der Waals surface area (Å²) in [4.78, 5) is 0. The molecule has 104 valence electrons. The minimum absolute atomic E-state index is 0.0898. The summed E-state index contributed by atoms with van der Waals surface area (Å²) in [5.74, 6) is 4.20. The maximum absolute atomic E-state index is 11.6. The number of aliphatic hydroxyl groups is 1. The highest BCUT2D eigenvalue weighted by molar-refractivity contribution is 6.30.